The Morgan fingerprint density at radius 2 is 2.22 bits per heavy atom. The molecule has 3 nitrogen and oxygen atoms in total. The lowest BCUT2D eigenvalue weighted by atomic mass is 9.89. The zero-order valence-corrected chi connectivity index (χ0v) is 11.4. The third-order valence-corrected chi connectivity index (χ3v) is 3.94. The molecule has 1 fully saturated rings. The highest BCUT2D eigenvalue weighted by molar-refractivity contribution is 5.60. The van der Waals surface area contributed by atoms with E-state index in [0.717, 1.165) is 32.4 Å². The van der Waals surface area contributed by atoms with Crippen molar-refractivity contribution >= 4 is 5.69 Å². The van der Waals surface area contributed by atoms with E-state index in [2.05, 4.69) is 36.9 Å². The van der Waals surface area contributed by atoms with Crippen LogP contribution in [0.4, 0.5) is 5.69 Å². The van der Waals surface area contributed by atoms with Crippen LogP contribution in [-0.2, 0) is 6.42 Å². The largest absolute Gasteiger partial charge is 0.394 e. The molecule has 1 aromatic carbocycles. The van der Waals surface area contributed by atoms with Crippen molar-refractivity contribution in [3.05, 3.63) is 29.3 Å². The first-order valence-electron chi connectivity index (χ1n) is 6.83. The van der Waals surface area contributed by atoms with Gasteiger partial charge in [0.25, 0.3) is 0 Å². The van der Waals surface area contributed by atoms with E-state index in [1.54, 1.807) is 0 Å². The van der Waals surface area contributed by atoms with E-state index in [0.29, 0.717) is 0 Å². The summed E-state index contributed by atoms with van der Waals surface area (Å²) in [5.41, 5.74) is 9.79. The number of para-hydroxylation sites is 1. The fourth-order valence-corrected chi connectivity index (χ4v) is 2.94. The molecule has 0 aliphatic carbocycles. The van der Waals surface area contributed by atoms with Crippen molar-refractivity contribution in [3.8, 4) is 0 Å². The average molecular weight is 248 g/mol. The van der Waals surface area contributed by atoms with E-state index in [1.807, 2.05) is 0 Å². The first kappa shape index (κ1) is 13.4. The summed E-state index contributed by atoms with van der Waals surface area (Å²) in [6.45, 7) is 6.19. The van der Waals surface area contributed by atoms with Crippen LogP contribution in [0.15, 0.2) is 18.2 Å². The molecule has 3 heteroatoms. The van der Waals surface area contributed by atoms with Crippen LogP contribution in [-0.4, -0.2) is 30.3 Å². The van der Waals surface area contributed by atoms with Gasteiger partial charge in [0.15, 0.2) is 0 Å². The summed E-state index contributed by atoms with van der Waals surface area (Å²) < 4.78 is 0. The highest BCUT2D eigenvalue weighted by Gasteiger charge is 2.32. The maximum Gasteiger partial charge on any atom is 0.0628 e. The molecule has 1 aromatic rings. The third-order valence-electron chi connectivity index (χ3n) is 3.94. The molecule has 0 aromatic heterocycles. The lowest BCUT2D eigenvalue weighted by Crippen LogP contribution is -2.57. The van der Waals surface area contributed by atoms with E-state index in [9.17, 15) is 5.11 Å². The summed E-state index contributed by atoms with van der Waals surface area (Å²) in [5.74, 6) is 0. The Bertz CT molecular complexity index is 419. The highest BCUT2D eigenvalue weighted by Crippen LogP contribution is 2.30. The Hall–Kier alpha value is -1.06. The number of rotatable bonds is 3. The van der Waals surface area contributed by atoms with Crippen molar-refractivity contribution in [2.75, 3.05) is 24.6 Å². The Morgan fingerprint density at radius 3 is 2.89 bits per heavy atom. The van der Waals surface area contributed by atoms with Crippen LogP contribution in [0.1, 0.15) is 30.9 Å². The minimum absolute atomic E-state index is 0.0663. The minimum atomic E-state index is -0.439. The summed E-state index contributed by atoms with van der Waals surface area (Å²) in [6, 6.07) is 6.46. The number of aliphatic hydroxyl groups excluding tert-OH is 1. The number of aliphatic hydroxyl groups is 1. The van der Waals surface area contributed by atoms with Gasteiger partial charge in [0.05, 0.1) is 12.1 Å². The maximum absolute atomic E-state index is 9.46. The summed E-state index contributed by atoms with van der Waals surface area (Å²) >= 11 is 0. The number of nitrogens with two attached hydrogens (primary N) is 1. The van der Waals surface area contributed by atoms with Crippen molar-refractivity contribution < 1.29 is 5.11 Å². The predicted octanol–water partition coefficient (Wildman–Crippen LogP) is 1.85. The monoisotopic (exact) mass is 248 g/mol. The number of benzene rings is 1. The number of piperidine rings is 1. The van der Waals surface area contributed by atoms with E-state index in [1.165, 1.54) is 16.8 Å². The second-order valence-corrected chi connectivity index (χ2v) is 5.48. The van der Waals surface area contributed by atoms with Crippen LogP contribution in [0.5, 0.6) is 0 Å². The van der Waals surface area contributed by atoms with Crippen LogP contribution in [0.2, 0.25) is 0 Å². The first-order valence-corrected chi connectivity index (χ1v) is 6.83. The molecule has 18 heavy (non-hydrogen) atoms. The molecule has 1 aliphatic rings. The molecule has 3 N–H and O–H groups in total. The Kier molecular flexibility index (Phi) is 3.93. The molecule has 1 aliphatic heterocycles. The van der Waals surface area contributed by atoms with Crippen LogP contribution < -0.4 is 10.6 Å². The number of hydrogen-bond acceptors (Lipinski definition) is 3. The molecule has 0 radical (unpaired) electrons. The van der Waals surface area contributed by atoms with Crippen molar-refractivity contribution in [1.29, 1.82) is 0 Å². The van der Waals surface area contributed by atoms with Gasteiger partial charge in [-0.2, -0.15) is 0 Å². The van der Waals surface area contributed by atoms with Gasteiger partial charge in [-0.15, -0.1) is 0 Å². The van der Waals surface area contributed by atoms with Crippen molar-refractivity contribution in [2.24, 2.45) is 5.73 Å². The molecule has 1 unspecified atom stereocenters. The highest BCUT2D eigenvalue weighted by atomic mass is 16.3. The minimum Gasteiger partial charge on any atom is -0.394 e. The second kappa shape index (κ2) is 5.29. The molecular weight excluding hydrogens is 224 g/mol. The molecule has 0 saturated carbocycles. The Labute approximate surface area is 110 Å². The van der Waals surface area contributed by atoms with Gasteiger partial charge in [0, 0.05) is 18.8 Å². The van der Waals surface area contributed by atoms with Crippen molar-refractivity contribution in [1.82, 2.24) is 0 Å². The molecule has 2 rings (SSSR count). The lowest BCUT2D eigenvalue weighted by Gasteiger charge is -2.41. The van der Waals surface area contributed by atoms with Gasteiger partial charge in [-0.3, -0.25) is 0 Å². The predicted molar refractivity (Wildman–Crippen MR) is 76.0 cm³/mol. The standard InChI is InChI=1S/C15H24N2O/c1-3-13-7-4-6-12(2)14(13)17-9-5-8-15(16,10-17)11-18/h4,6-7,18H,3,5,8-11,16H2,1-2H3. The molecule has 1 atom stereocenters. The molecule has 1 saturated heterocycles. The number of anilines is 1. The molecule has 0 bridgehead atoms. The summed E-state index contributed by atoms with van der Waals surface area (Å²) in [7, 11) is 0. The van der Waals surface area contributed by atoms with Crippen LogP contribution in [0, 0.1) is 6.92 Å². The topological polar surface area (TPSA) is 49.5 Å². The molecule has 1 heterocycles. The van der Waals surface area contributed by atoms with Crippen LogP contribution in [0.25, 0.3) is 0 Å². The Balaban J connectivity index is 2.31. The van der Waals surface area contributed by atoms with Gasteiger partial charge in [0.2, 0.25) is 0 Å². The van der Waals surface area contributed by atoms with Crippen molar-refractivity contribution in [3.63, 3.8) is 0 Å². The fraction of sp³-hybridized carbons (Fsp3) is 0.600. The third kappa shape index (κ3) is 2.52. The van der Waals surface area contributed by atoms with Gasteiger partial charge < -0.3 is 15.7 Å². The summed E-state index contributed by atoms with van der Waals surface area (Å²) in [4.78, 5) is 2.36. The smallest absolute Gasteiger partial charge is 0.0628 e. The second-order valence-electron chi connectivity index (χ2n) is 5.48. The Morgan fingerprint density at radius 1 is 1.44 bits per heavy atom. The molecule has 0 amide bonds. The van der Waals surface area contributed by atoms with E-state index in [4.69, 9.17) is 5.73 Å². The lowest BCUT2D eigenvalue weighted by molar-refractivity contribution is 0.177. The number of aryl methyl sites for hydroxylation is 2. The number of hydrogen-bond donors (Lipinski definition) is 2. The van der Waals surface area contributed by atoms with Gasteiger partial charge in [0.1, 0.15) is 0 Å². The van der Waals surface area contributed by atoms with Gasteiger partial charge in [-0.1, -0.05) is 25.1 Å². The van der Waals surface area contributed by atoms with Crippen LogP contribution >= 0.6 is 0 Å². The summed E-state index contributed by atoms with van der Waals surface area (Å²) in [6.07, 6.45) is 2.99. The van der Waals surface area contributed by atoms with Gasteiger partial charge in [-0.05, 0) is 37.3 Å². The zero-order valence-electron chi connectivity index (χ0n) is 11.4. The normalized spacial score (nSPS) is 24.3. The molecule has 100 valence electrons. The zero-order chi connectivity index (χ0) is 13.2. The van der Waals surface area contributed by atoms with Crippen molar-refractivity contribution in [2.45, 2.75) is 38.6 Å². The van der Waals surface area contributed by atoms with Gasteiger partial charge in [-0.25, -0.2) is 0 Å². The van der Waals surface area contributed by atoms with Gasteiger partial charge >= 0.3 is 0 Å². The summed E-state index contributed by atoms with van der Waals surface area (Å²) in [5, 5.41) is 9.46. The maximum atomic E-state index is 9.46. The van der Waals surface area contributed by atoms with E-state index in [-0.39, 0.29) is 6.61 Å². The quantitative estimate of drug-likeness (QED) is 0.858. The SMILES string of the molecule is CCc1cccc(C)c1N1CCCC(N)(CO)C1. The number of nitrogens with zero attached hydrogens (tertiary/aromatic N) is 1. The van der Waals surface area contributed by atoms with E-state index >= 15 is 0 Å². The average Bonchev–Trinajstić information content (AvgIpc) is 2.38. The first-order chi connectivity index (χ1) is 8.59. The van der Waals surface area contributed by atoms with Crippen LogP contribution in [0.3, 0.4) is 0 Å². The molecule has 0 spiro atoms. The van der Waals surface area contributed by atoms with E-state index < -0.39 is 5.54 Å². The fourth-order valence-electron chi connectivity index (χ4n) is 2.94. The molecular formula is C15H24N2O.